The summed E-state index contributed by atoms with van der Waals surface area (Å²) in [6, 6.07) is 0. The molecule has 35 heavy (non-hydrogen) atoms. The first-order valence-corrected chi connectivity index (χ1v) is 8.55. The maximum atomic E-state index is 13.6. The molecule has 0 aromatic rings. The van der Waals surface area contributed by atoms with E-state index in [1.807, 2.05) is 0 Å². The first-order chi connectivity index (χ1) is 15.2. The van der Waals surface area contributed by atoms with Crippen LogP contribution in [-0.4, -0.2) is 61.2 Å². The maximum absolute atomic E-state index is 13.6. The van der Waals surface area contributed by atoms with E-state index in [1.54, 1.807) is 0 Å². The summed E-state index contributed by atoms with van der Waals surface area (Å²) >= 11 is 0. The molecule has 208 valence electrons. The number of halogens is 16. The Morgan fingerprint density at radius 3 is 1.43 bits per heavy atom. The highest BCUT2D eigenvalue weighted by molar-refractivity contribution is 5.78. The number of ketones is 1. The molecular weight excluding hydrogens is 548 g/mol. The van der Waals surface area contributed by atoms with Crippen LogP contribution in [0.3, 0.4) is 0 Å². The fraction of sp³-hybridized carbons (Fsp3) is 0.867. The predicted octanol–water partition coefficient (Wildman–Crippen LogP) is 6.77. The van der Waals surface area contributed by atoms with Gasteiger partial charge in [0.05, 0.1) is 6.42 Å². The van der Waals surface area contributed by atoms with Gasteiger partial charge in [0, 0.05) is 19.3 Å². The largest absolute Gasteiger partial charge is 0.509 e. The fourth-order valence-corrected chi connectivity index (χ4v) is 2.20. The first kappa shape index (κ1) is 32.8. The Labute approximate surface area is 183 Å². The summed E-state index contributed by atoms with van der Waals surface area (Å²) < 4.78 is 207. The van der Waals surface area contributed by atoms with E-state index in [0.717, 1.165) is 0 Å². The summed E-state index contributed by atoms with van der Waals surface area (Å²) in [6.07, 6.45) is -41.0. The summed E-state index contributed by atoms with van der Waals surface area (Å²) in [5, 5.41) is 0. The lowest BCUT2D eigenvalue weighted by Gasteiger charge is -2.25. The molecule has 0 aliphatic carbocycles. The van der Waals surface area contributed by atoms with E-state index in [-0.39, 0.29) is 0 Å². The number of Topliss-reactive ketones (excluding diaryl/α,β-unsaturated/α-hetero) is 1. The van der Waals surface area contributed by atoms with Crippen LogP contribution in [0.5, 0.6) is 0 Å². The molecule has 0 saturated heterocycles. The van der Waals surface area contributed by atoms with Crippen LogP contribution in [0.2, 0.25) is 0 Å². The molecule has 0 aromatic heterocycles. The van der Waals surface area contributed by atoms with Crippen LogP contribution < -0.4 is 0 Å². The van der Waals surface area contributed by atoms with Crippen molar-refractivity contribution in [2.75, 3.05) is 6.61 Å². The third-order valence-electron chi connectivity index (χ3n) is 3.72. The lowest BCUT2D eigenvalue weighted by atomic mass is 9.96. The average molecular weight is 560 g/mol. The third-order valence-corrected chi connectivity index (χ3v) is 3.72. The van der Waals surface area contributed by atoms with Crippen molar-refractivity contribution in [1.82, 2.24) is 0 Å². The lowest BCUT2D eigenvalue weighted by Crippen LogP contribution is -2.46. The first-order valence-electron chi connectivity index (χ1n) is 8.55. The van der Waals surface area contributed by atoms with Crippen molar-refractivity contribution in [3.05, 3.63) is 0 Å². The quantitative estimate of drug-likeness (QED) is 0.219. The van der Waals surface area contributed by atoms with Gasteiger partial charge in [-0.15, -0.1) is 0 Å². The van der Waals surface area contributed by atoms with Gasteiger partial charge in [0.25, 0.3) is 17.9 Å². The number of carbonyl (C=O) groups is 2. The molecule has 0 atom stereocenters. The molecule has 0 heterocycles. The van der Waals surface area contributed by atoms with E-state index < -0.39 is 92.8 Å². The van der Waals surface area contributed by atoms with E-state index in [1.165, 1.54) is 0 Å². The number of rotatable bonds is 10. The van der Waals surface area contributed by atoms with Gasteiger partial charge in [-0.05, 0) is 0 Å². The Bertz CT molecular complexity index is 630. The Balaban J connectivity index is 4.96. The standard InChI is InChI=1S/C15H12F16O4/c16-10(17,2-1-6(32)3-7(12(20,21)22)13(23,24)25)4-11(18,19)5-34-9(33)35-8(14(26,27)28)15(29,30)31/h7-8H,1-5H2. The second kappa shape index (κ2) is 10.8. The molecular formula is C15H12F16O4. The lowest BCUT2D eigenvalue weighted by molar-refractivity contribution is -0.311. The minimum absolute atomic E-state index is 1.74. The van der Waals surface area contributed by atoms with Crippen molar-refractivity contribution in [2.45, 2.75) is 68.3 Å². The molecule has 0 aliphatic heterocycles. The summed E-state index contributed by atoms with van der Waals surface area (Å²) in [4.78, 5) is 22.1. The van der Waals surface area contributed by atoms with Crippen LogP contribution in [0, 0.1) is 5.92 Å². The number of hydrogen-bond donors (Lipinski definition) is 0. The molecule has 0 N–H and O–H groups in total. The van der Waals surface area contributed by atoms with Crippen LogP contribution >= 0.6 is 0 Å². The van der Waals surface area contributed by atoms with Crippen LogP contribution in [-0.2, 0) is 14.3 Å². The van der Waals surface area contributed by atoms with Crippen molar-refractivity contribution in [3.63, 3.8) is 0 Å². The number of carbonyl (C=O) groups excluding carboxylic acids is 2. The van der Waals surface area contributed by atoms with Crippen molar-refractivity contribution in [3.8, 4) is 0 Å². The second-order valence-corrected chi connectivity index (χ2v) is 6.89. The Morgan fingerprint density at radius 1 is 0.629 bits per heavy atom. The van der Waals surface area contributed by atoms with Gasteiger partial charge in [-0.25, -0.2) is 22.4 Å². The molecule has 0 spiro atoms. The van der Waals surface area contributed by atoms with Crippen LogP contribution in [0.25, 0.3) is 0 Å². The normalized spacial score (nSPS) is 14.5. The highest BCUT2D eigenvalue weighted by Gasteiger charge is 2.60. The highest BCUT2D eigenvalue weighted by atomic mass is 19.4. The molecule has 4 nitrogen and oxygen atoms in total. The predicted molar refractivity (Wildman–Crippen MR) is 77.3 cm³/mol. The number of ether oxygens (including phenoxy) is 2. The summed E-state index contributed by atoms with van der Waals surface area (Å²) in [5.41, 5.74) is 0. The Hall–Kier alpha value is -2.18. The SMILES string of the molecule is O=C(CCC(F)(F)CC(F)(F)COC(=O)OC(C(F)(F)F)C(F)(F)F)CC(C(F)(F)F)C(F)(F)F. The van der Waals surface area contributed by atoms with Crippen LogP contribution in [0.4, 0.5) is 75.0 Å². The van der Waals surface area contributed by atoms with Crippen molar-refractivity contribution < 1.29 is 89.3 Å². The molecule has 0 saturated carbocycles. The molecule has 0 rings (SSSR count). The fourth-order valence-electron chi connectivity index (χ4n) is 2.20. The Morgan fingerprint density at radius 2 is 1.06 bits per heavy atom. The van der Waals surface area contributed by atoms with Gasteiger partial charge in [0.2, 0.25) is 0 Å². The summed E-state index contributed by atoms with van der Waals surface area (Å²) in [5.74, 6) is -15.8. The van der Waals surface area contributed by atoms with E-state index in [0.29, 0.717) is 0 Å². The zero-order valence-corrected chi connectivity index (χ0v) is 16.4. The third kappa shape index (κ3) is 12.4. The van der Waals surface area contributed by atoms with Gasteiger partial charge in [-0.1, -0.05) is 0 Å². The minimum atomic E-state index is -6.25. The molecule has 0 bridgehead atoms. The highest BCUT2D eigenvalue weighted by Crippen LogP contribution is 2.42. The van der Waals surface area contributed by atoms with Crippen LogP contribution in [0.1, 0.15) is 25.7 Å². The number of alkyl halides is 16. The number of hydrogen-bond acceptors (Lipinski definition) is 4. The van der Waals surface area contributed by atoms with Gasteiger partial charge in [-0.3, -0.25) is 4.79 Å². The van der Waals surface area contributed by atoms with E-state index in [9.17, 15) is 79.8 Å². The molecule has 0 aliphatic rings. The van der Waals surface area contributed by atoms with Crippen molar-refractivity contribution in [1.29, 1.82) is 0 Å². The zero-order valence-electron chi connectivity index (χ0n) is 16.4. The summed E-state index contributed by atoms with van der Waals surface area (Å²) in [7, 11) is 0. The monoisotopic (exact) mass is 560 g/mol. The molecule has 20 heteroatoms. The molecule has 0 fully saturated rings. The Kier molecular flexibility index (Phi) is 10.2. The van der Waals surface area contributed by atoms with E-state index >= 15 is 0 Å². The van der Waals surface area contributed by atoms with Gasteiger partial charge in [0.15, 0.2) is 12.5 Å². The zero-order chi connectivity index (χ0) is 28.3. The van der Waals surface area contributed by atoms with E-state index in [4.69, 9.17) is 0 Å². The minimum Gasteiger partial charge on any atom is -0.428 e. The molecule has 0 amide bonds. The molecule has 0 unspecified atom stereocenters. The topological polar surface area (TPSA) is 52.6 Å². The van der Waals surface area contributed by atoms with Gasteiger partial charge >= 0.3 is 30.9 Å². The molecule has 0 aromatic carbocycles. The molecule has 0 radical (unpaired) electrons. The van der Waals surface area contributed by atoms with Crippen molar-refractivity contribution in [2.24, 2.45) is 5.92 Å². The van der Waals surface area contributed by atoms with Crippen LogP contribution in [0.15, 0.2) is 0 Å². The van der Waals surface area contributed by atoms with Gasteiger partial charge in [-0.2, -0.15) is 52.7 Å². The second-order valence-electron chi connectivity index (χ2n) is 6.89. The van der Waals surface area contributed by atoms with E-state index in [2.05, 4.69) is 9.47 Å². The smallest absolute Gasteiger partial charge is 0.428 e. The van der Waals surface area contributed by atoms with Crippen molar-refractivity contribution >= 4 is 11.9 Å². The maximum Gasteiger partial charge on any atom is 0.509 e. The van der Waals surface area contributed by atoms with Gasteiger partial charge in [0.1, 0.15) is 5.78 Å². The van der Waals surface area contributed by atoms with Gasteiger partial charge < -0.3 is 9.47 Å². The summed E-state index contributed by atoms with van der Waals surface area (Å²) in [6.45, 7) is -2.55. The average Bonchev–Trinajstić information content (AvgIpc) is 2.56.